The van der Waals surface area contributed by atoms with E-state index in [1.165, 1.54) is 13.2 Å². The maximum absolute atomic E-state index is 13.7. The molecule has 1 N–H and O–H groups in total. The van der Waals surface area contributed by atoms with Crippen LogP contribution in [-0.2, 0) is 14.4 Å². The third-order valence-electron chi connectivity index (χ3n) is 6.64. The summed E-state index contributed by atoms with van der Waals surface area (Å²) >= 11 is 8.17. The lowest BCUT2D eigenvalue weighted by Gasteiger charge is -2.34. The van der Waals surface area contributed by atoms with E-state index in [4.69, 9.17) is 21.1 Å². The molecule has 1 fully saturated rings. The van der Waals surface area contributed by atoms with Crippen LogP contribution in [0, 0.1) is 10.5 Å². The molecule has 0 aliphatic carbocycles. The number of carbonyl (C=O) groups excluding carboxylic acids is 4. The molecule has 0 bridgehead atoms. The molecule has 0 atom stereocenters. The second-order valence-electron chi connectivity index (χ2n) is 9.63. The predicted octanol–water partition coefficient (Wildman–Crippen LogP) is 6.86. The number of rotatable bonds is 8. The van der Waals surface area contributed by atoms with E-state index >= 15 is 0 Å². The summed E-state index contributed by atoms with van der Waals surface area (Å²) in [6.07, 6.45) is 1.41. The first-order valence-corrected chi connectivity index (χ1v) is 14.7. The Morgan fingerprint density at radius 3 is 2.02 bits per heavy atom. The van der Waals surface area contributed by atoms with Gasteiger partial charge in [0.15, 0.2) is 18.1 Å². The predicted molar refractivity (Wildman–Crippen MR) is 177 cm³/mol. The van der Waals surface area contributed by atoms with Crippen molar-refractivity contribution in [2.75, 3.05) is 28.8 Å². The van der Waals surface area contributed by atoms with Crippen molar-refractivity contribution in [1.29, 1.82) is 0 Å². The Balaban J connectivity index is 1.45. The van der Waals surface area contributed by atoms with Crippen LogP contribution in [-0.4, -0.2) is 37.5 Å². The number of nitrogens with zero attached hydrogens (tertiary/aromatic N) is 2. The van der Waals surface area contributed by atoms with Crippen molar-refractivity contribution in [2.45, 2.75) is 6.92 Å². The fraction of sp³-hybridized carbons (Fsp3) is 0.0909. The van der Waals surface area contributed by atoms with Crippen LogP contribution in [0.1, 0.15) is 11.1 Å². The van der Waals surface area contributed by atoms with Gasteiger partial charge in [0.05, 0.1) is 22.1 Å². The van der Waals surface area contributed by atoms with Crippen molar-refractivity contribution in [3.8, 4) is 11.5 Å². The number of ether oxygens (including phenoxy) is 2. The first kappa shape index (κ1) is 30.8. The summed E-state index contributed by atoms with van der Waals surface area (Å²) in [4.78, 5) is 55.4. The minimum absolute atomic E-state index is 0.222. The van der Waals surface area contributed by atoms with Crippen LogP contribution in [0.3, 0.4) is 0 Å². The third-order valence-corrected chi connectivity index (χ3v) is 7.85. The van der Waals surface area contributed by atoms with Crippen LogP contribution >= 0.6 is 34.2 Å². The molecule has 0 unspecified atom stereocenters. The molecular weight excluding hydrogens is 697 g/mol. The highest BCUT2D eigenvalue weighted by atomic mass is 127. The van der Waals surface area contributed by atoms with Gasteiger partial charge >= 0.3 is 6.03 Å². The van der Waals surface area contributed by atoms with E-state index in [1.807, 2.05) is 29.5 Å². The number of hydrogen-bond donors (Lipinski definition) is 1. The molecular formula is C33H25ClIN3O6. The van der Waals surface area contributed by atoms with Crippen molar-refractivity contribution in [3.63, 3.8) is 0 Å². The van der Waals surface area contributed by atoms with Gasteiger partial charge in [-0.25, -0.2) is 14.6 Å². The van der Waals surface area contributed by atoms with Gasteiger partial charge < -0.3 is 14.8 Å². The number of nitrogens with one attached hydrogen (secondary N) is 1. The number of imide groups is 2. The van der Waals surface area contributed by atoms with Gasteiger partial charge in [-0.15, -0.1) is 0 Å². The Bertz CT molecular complexity index is 1730. The average molecular weight is 722 g/mol. The Hall–Kier alpha value is -4.68. The fourth-order valence-corrected chi connectivity index (χ4v) is 5.44. The van der Waals surface area contributed by atoms with Gasteiger partial charge in [0, 0.05) is 10.7 Å². The Labute approximate surface area is 272 Å². The standard InChI is InChI=1S/C33H25ClIN3O6/c1-20-13-14-22(18-26(20)34)36-29(39)19-44-30-27(35)16-21(17-28(30)43-2)15-25-31(40)37(23-9-5-3-6-10-23)33(42)38(32(25)41)24-11-7-4-8-12-24/h3-18H,19H2,1-2H3,(H,36,39). The van der Waals surface area contributed by atoms with Crippen LogP contribution in [0.5, 0.6) is 11.5 Å². The van der Waals surface area contributed by atoms with E-state index in [0.717, 1.165) is 15.4 Å². The first-order valence-electron chi connectivity index (χ1n) is 13.3. The van der Waals surface area contributed by atoms with Gasteiger partial charge in [0.2, 0.25) is 0 Å². The molecule has 44 heavy (non-hydrogen) atoms. The van der Waals surface area contributed by atoms with Crippen molar-refractivity contribution < 1.29 is 28.7 Å². The van der Waals surface area contributed by atoms with Crippen molar-refractivity contribution in [3.05, 3.63) is 116 Å². The van der Waals surface area contributed by atoms with Crippen LogP contribution in [0.25, 0.3) is 6.08 Å². The highest BCUT2D eigenvalue weighted by Crippen LogP contribution is 2.36. The van der Waals surface area contributed by atoms with Crippen molar-refractivity contribution in [1.82, 2.24) is 0 Å². The monoisotopic (exact) mass is 721 g/mol. The van der Waals surface area contributed by atoms with E-state index in [-0.39, 0.29) is 17.9 Å². The number of aryl methyl sites for hydroxylation is 1. The van der Waals surface area contributed by atoms with Gasteiger partial charge in [-0.05, 0) is 95.2 Å². The smallest absolute Gasteiger partial charge is 0.343 e. The number of urea groups is 1. The molecule has 5 rings (SSSR count). The Kier molecular flexibility index (Phi) is 9.31. The van der Waals surface area contributed by atoms with Gasteiger partial charge in [0.25, 0.3) is 17.7 Å². The number of methoxy groups -OCH3 is 1. The zero-order valence-corrected chi connectivity index (χ0v) is 26.5. The Morgan fingerprint density at radius 2 is 1.48 bits per heavy atom. The number of anilines is 3. The van der Waals surface area contributed by atoms with Gasteiger partial charge in [-0.1, -0.05) is 54.1 Å². The lowest BCUT2D eigenvalue weighted by Crippen LogP contribution is -2.57. The minimum Gasteiger partial charge on any atom is -0.493 e. The lowest BCUT2D eigenvalue weighted by molar-refractivity contribution is -0.121. The molecule has 5 amide bonds. The largest absolute Gasteiger partial charge is 0.493 e. The molecule has 1 heterocycles. The van der Waals surface area contributed by atoms with Crippen molar-refractivity contribution >= 4 is 81.1 Å². The molecule has 11 heteroatoms. The molecule has 0 radical (unpaired) electrons. The maximum Gasteiger partial charge on any atom is 0.343 e. The molecule has 0 spiro atoms. The van der Waals surface area contributed by atoms with Crippen LogP contribution in [0.4, 0.5) is 21.9 Å². The normalized spacial score (nSPS) is 13.2. The molecule has 1 saturated heterocycles. The van der Waals surface area contributed by atoms with Gasteiger partial charge in [0.1, 0.15) is 5.57 Å². The van der Waals surface area contributed by atoms with E-state index in [0.29, 0.717) is 37.0 Å². The molecule has 9 nitrogen and oxygen atoms in total. The molecule has 4 aromatic carbocycles. The summed E-state index contributed by atoms with van der Waals surface area (Å²) in [6, 6.07) is 24.5. The summed E-state index contributed by atoms with van der Waals surface area (Å²) < 4.78 is 11.9. The highest BCUT2D eigenvalue weighted by molar-refractivity contribution is 14.1. The highest BCUT2D eigenvalue weighted by Gasteiger charge is 2.43. The maximum atomic E-state index is 13.7. The SMILES string of the molecule is COc1cc(C=C2C(=O)N(c3ccccc3)C(=O)N(c3ccccc3)C2=O)cc(I)c1OCC(=O)Nc1ccc(C)c(Cl)c1. The molecule has 222 valence electrons. The van der Waals surface area contributed by atoms with Crippen LogP contribution in [0.2, 0.25) is 5.02 Å². The topological polar surface area (TPSA) is 105 Å². The first-order chi connectivity index (χ1) is 21.2. The van der Waals surface area contributed by atoms with Gasteiger partial charge in [-0.3, -0.25) is 14.4 Å². The summed E-state index contributed by atoms with van der Waals surface area (Å²) in [5.74, 6) is -1.35. The van der Waals surface area contributed by atoms with E-state index in [1.54, 1.807) is 91.0 Å². The average Bonchev–Trinajstić information content (AvgIpc) is 3.01. The van der Waals surface area contributed by atoms with Gasteiger partial charge in [-0.2, -0.15) is 0 Å². The molecule has 0 saturated carbocycles. The third kappa shape index (κ3) is 6.46. The summed E-state index contributed by atoms with van der Waals surface area (Å²) in [6.45, 7) is 1.55. The Morgan fingerprint density at radius 1 is 0.886 bits per heavy atom. The molecule has 4 aromatic rings. The number of halogens is 2. The van der Waals surface area contributed by atoms with E-state index in [9.17, 15) is 19.2 Å². The molecule has 1 aliphatic heterocycles. The number of hydrogen-bond acceptors (Lipinski definition) is 6. The number of benzene rings is 4. The second kappa shape index (κ2) is 13.3. The zero-order valence-electron chi connectivity index (χ0n) is 23.5. The molecule has 0 aromatic heterocycles. The number of barbiturate groups is 1. The second-order valence-corrected chi connectivity index (χ2v) is 11.2. The fourth-order valence-electron chi connectivity index (χ4n) is 4.47. The van der Waals surface area contributed by atoms with E-state index < -0.39 is 23.8 Å². The summed E-state index contributed by atoms with van der Waals surface area (Å²) in [5, 5.41) is 3.27. The zero-order chi connectivity index (χ0) is 31.4. The molecule has 1 aliphatic rings. The summed E-state index contributed by atoms with van der Waals surface area (Å²) in [7, 11) is 1.44. The summed E-state index contributed by atoms with van der Waals surface area (Å²) in [5.41, 5.74) is 2.29. The van der Waals surface area contributed by atoms with Crippen molar-refractivity contribution in [2.24, 2.45) is 0 Å². The van der Waals surface area contributed by atoms with Crippen LogP contribution < -0.4 is 24.6 Å². The number of amides is 5. The lowest BCUT2D eigenvalue weighted by atomic mass is 10.0. The number of para-hydroxylation sites is 2. The van der Waals surface area contributed by atoms with Crippen LogP contribution in [0.15, 0.2) is 96.6 Å². The quantitative estimate of drug-likeness (QED) is 0.121. The number of carbonyl (C=O) groups is 4. The minimum atomic E-state index is -0.781. The van der Waals surface area contributed by atoms with E-state index in [2.05, 4.69) is 5.32 Å².